The van der Waals surface area contributed by atoms with Crippen molar-refractivity contribution in [2.75, 3.05) is 33.2 Å². The van der Waals surface area contributed by atoms with Gasteiger partial charge < -0.3 is 9.80 Å². The molecule has 0 spiro atoms. The van der Waals surface area contributed by atoms with Crippen LogP contribution in [-0.4, -0.2) is 60.6 Å². The zero-order valence-corrected chi connectivity index (χ0v) is 13.2. The van der Waals surface area contributed by atoms with Crippen molar-refractivity contribution in [3.8, 4) is 6.07 Å². The minimum absolute atomic E-state index is 0.333. The number of hydrogen-bond acceptors (Lipinski definition) is 4. The van der Waals surface area contributed by atoms with E-state index in [2.05, 4.69) is 49.0 Å². The van der Waals surface area contributed by atoms with Gasteiger partial charge in [-0.3, -0.25) is 5.32 Å². The molecule has 1 aliphatic rings. The van der Waals surface area contributed by atoms with Crippen molar-refractivity contribution in [3.63, 3.8) is 0 Å². The summed E-state index contributed by atoms with van der Waals surface area (Å²) in [5, 5.41) is 12.8. The summed E-state index contributed by atoms with van der Waals surface area (Å²) in [5.74, 6) is 0. The summed E-state index contributed by atoms with van der Waals surface area (Å²) >= 11 is 0. The molecule has 0 aliphatic carbocycles. The van der Waals surface area contributed by atoms with E-state index in [1.54, 1.807) is 0 Å². The molecular formula is C15H30N4. The molecule has 0 saturated carbocycles. The fourth-order valence-corrected chi connectivity index (χ4v) is 3.05. The van der Waals surface area contributed by atoms with Crippen LogP contribution in [0.25, 0.3) is 0 Å². The molecule has 1 atom stereocenters. The third-order valence-electron chi connectivity index (χ3n) is 4.05. The Bertz CT molecular complexity index is 302. The summed E-state index contributed by atoms with van der Waals surface area (Å²) in [4.78, 5) is 4.87. The summed E-state index contributed by atoms with van der Waals surface area (Å²) in [6.45, 7) is 12.7. The van der Waals surface area contributed by atoms with Gasteiger partial charge in [0.05, 0.1) is 6.07 Å². The average Bonchev–Trinajstić information content (AvgIpc) is 2.37. The zero-order chi connectivity index (χ0) is 14.5. The number of rotatable bonds is 6. The van der Waals surface area contributed by atoms with E-state index in [0.717, 1.165) is 13.1 Å². The summed E-state index contributed by atoms with van der Waals surface area (Å²) in [6, 6.07) is 3.39. The standard InChI is InChI=1S/C15H30N4/c1-6-19-9-7-14(8-10-19)18(5)12-15(4,11-16)17-13(2)3/h13-14,17H,6-10,12H2,1-5H3. The molecule has 4 heteroatoms. The zero-order valence-electron chi connectivity index (χ0n) is 13.2. The maximum absolute atomic E-state index is 9.41. The highest BCUT2D eigenvalue weighted by atomic mass is 15.2. The molecule has 0 amide bonds. The number of likely N-dealkylation sites (tertiary alicyclic amines) is 1. The highest BCUT2D eigenvalue weighted by Crippen LogP contribution is 2.17. The highest BCUT2D eigenvalue weighted by molar-refractivity contribution is 5.06. The maximum Gasteiger partial charge on any atom is 0.116 e. The second-order valence-corrected chi connectivity index (χ2v) is 6.32. The Labute approximate surface area is 118 Å². The number of hydrogen-bond donors (Lipinski definition) is 1. The number of likely N-dealkylation sites (N-methyl/N-ethyl adjacent to an activating group) is 1. The maximum atomic E-state index is 9.41. The Hall–Kier alpha value is -0.630. The lowest BCUT2D eigenvalue weighted by atomic mass is 9.98. The van der Waals surface area contributed by atoms with Gasteiger partial charge >= 0.3 is 0 Å². The van der Waals surface area contributed by atoms with Gasteiger partial charge in [0.2, 0.25) is 0 Å². The fraction of sp³-hybridized carbons (Fsp3) is 0.933. The van der Waals surface area contributed by atoms with Gasteiger partial charge in [-0.05, 0) is 60.3 Å². The molecule has 4 nitrogen and oxygen atoms in total. The minimum Gasteiger partial charge on any atom is -0.303 e. The first kappa shape index (κ1) is 16.4. The molecule has 1 aliphatic heterocycles. The summed E-state index contributed by atoms with van der Waals surface area (Å²) < 4.78 is 0. The van der Waals surface area contributed by atoms with Crippen molar-refractivity contribution in [2.45, 2.75) is 58.2 Å². The molecule has 1 fully saturated rings. The smallest absolute Gasteiger partial charge is 0.116 e. The third kappa shape index (κ3) is 5.10. The predicted molar refractivity (Wildman–Crippen MR) is 80.1 cm³/mol. The van der Waals surface area contributed by atoms with Crippen molar-refractivity contribution in [3.05, 3.63) is 0 Å². The molecule has 0 aromatic heterocycles. The molecule has 1 heterocycles. The SMILES string of the molecule is CCN1CCC(N(C)CC(C)(C#N)NC(C)C)CC1. The summed E-state index contributed by atoms with van der Waals surface area (Å²) in [7, 11) is 2.16. The summed E-state index contributed by atoms with van der Waals surface area (Å²) in [6.07, 6.45) is 2.43. The Kier molecular flexibility index (Phi) is 6.25. The number of nitrogens with zero attached hydrogens (tertiary/aromatic N) is 3. The quantitative estimate of drug-likeness (QED) is 0.794. The molecule has 0 aromatic rings. The van der Waals surface area contributed by atoms with Crippen LogP contribution in [0, 0.1) is 11.3 Å². The van der Waals surface area contributed by atoms with Crippen LogP contribution < -0.4 is 5.32 Å². The van der Waals surface area contributed by atoms with Gasteiger partial charge in [0, 0.05) is 18.6 Å². The lowest BCUT2D eigenvalue weighted by Gasteiger charge is -2.39. The van der Waals surface area contributed by atoms with E-state index in [1.807, 2.05) is 6.92 Å². The Morgan fingerprint density at radius 1 is 1.42 bits per heavy atom. The number of piperidine rings is 1. The van der Waals surface area contributed by atoms with Gasteiger partial charge in [-0.15, -0.1) is 0 Å². The van der Waals surface area contributed by atoms with Crippen LogP contribution in [-0.2, 0) is 0 Å². The Morgan fingerprint density at radius 3 is 2.42 bits per heavy atom. The molecule has 0 aromatic carbocycles. The van der Waals surface area contributed by atoms with E-state index in [0.29, 0.717) is 12.1 Å². The first-order chi connectivity index (χ1) is 8.90. The van der Waals surface area contributed by atoms with E-state index in [1.165, 1.54) is 25.9 Å². The van der Waals surface area contributed by atoms with Gasteiger partial charge in [0.25, 0.3) is 0 Å². The molecule has 1 N–H and O–H groups in total. The van der Waals surface area contributed by atoms with Crippen molar-refractivity contribution in [2.24, 2.45) is 0 Å². The molecular weight excluding hydrogens is 236 g/mol. The van der Waals surface area contributed by atoms with E-state index >= 15 is 0 Å². The molecule has 0 radical (unpaired) electrons. The largest absolute Gasteiger partial charge is 0.303 e. The number of nitrogens with one attached hydrogen (secondary N) is 1. The Balaban J connectivity index is 2.50. The van der Waals surface area contributed by atoms with Crippen molar-refractivity contribution in [1.82, 2.24) is 15.1 Å². The molecule has 1 saturated heterocycles. The molecule has 1 unspecified atom stereocenters. The van der Waals surface area contributed by atoms with E-state index in [9.17, 15) is 5.26 Å². The normalized spacial score (nSPS) is 21.6. The van der Waals surface area contributed by atoms with Crippen LogP contribution >= 0.6 is 0 Å². The summed E-state index contributed by atoms with van der Waals surface area (Å²) in [5.41, 5.74) is -0.454. The monoisotopic (exact) mass is 266 g/mol. The van der Waals surface area contributed by atoms with Crippen LogP contribution in [0.2, 0.25) is 0 Å². The lowest BCUT2D eigenvalue weighted by Crippen LogP contribution is -2.55. The minimum atomic E-state index is -0.454. The molecule has 0 bridgehead atoms. The average molecular weight is 266 g/mol. The van der Waals surface area contributed by atoms with Crippen LogP contribution in [0.3, 0.4) is 0 Å². The second-order valence-electron chi connectivity index (χ2n) is 6.32. The van der Waals surface area contributed by atoms with Gasteiger partial charge in [0.1, 0.15) is 5.54 Å². The lowest BCUT2D eigenvalue weighted by molar-refractivity contribution is 0.115. The van der Waals surface area contributed by atoms with Gasteiger partial charge in [-0.2, -0.15) is 5.26 Å². The third-order valence-corrected chi connectivity index (χ3v) is 4.05. The van der Waals surface area contributed by atoms with E-state index in [4.69, 9.17) is 0 Å². The predicted octanol–water partition coefficient (Wildman–Crippen LogP) is 1.68. The first-order valence-corrected chi connectivity index (χ1v) is 7.51. The van der Waals surface area contributed by atoms with Crippen LogP contribution in [0.5, 0.6) is 0 Å². The van der Waals surface area contributed by atoms with Gasteiger partial charge in [0.15, 0.2) is 0 Å². The van der Waals surface area contributed by atoms with Gasteiger partial charge in [-0.25, -0.2) is 0 Å². The molecule has 1 rings (SSSR count). The second kappa shape index (κ2) is 7.23. The van der Waals surface area contributed by atoms with Crippen LogP contribution in [0.15, 0.2) is 0 Å². The topological polar surface area (TPSA) is 42.3 Å². The van der Waals surface area contributed by atoms with Crippen molar-refractivity contribution < 1.29 is 0 Å². The van der Waals surface area contributed by atoms with Crippen LogP contribution in [0.1, 0.15) is 40.5 Å². The number of nitriles is 1. The first-order valence-electron chi connectivity index (χ1n) is 7.51. The van der Waals surface area contributed by atoms with Crippen LogP contribution in [0.4, 0.5) is 0 Å². The Morgan fingerprint density at radius 2 is 2.00 bits per heavy atom. The van der Waals surface area contributed by atoms with Gasteiger partial charge in [-0.1, -0.05) is 6.92 Å². The highest BCUT2D eigenvalue weighted by Gasteiger charge is 2.30. The van der Waals surface area contributed by atoms with E-state index < -0.39 is 5.54 Å². The molecule has 19 heavy (non-hydrogen) atoms. The fourth-order valence-electron chi connectivity index (χ4n) is 3.05. The molecule has 110 valence electrons. The van der Waals surface area contributed by atoms with Crippen molar-refractivity contribution in [1.29, 1.82) is 5.26 Å². The van der Waals surface area contributed by atoms with Crippen molar-refractivity contribution >= 4 is 0 Å². The van der Waals surface area contributed by atoms with E-state index in [-0.39, 0.29) is 0 Å².